The number of H-pyrrole nitrogens is 1. The number of aryl methyl sites for hydroxylation is 1. The summed E-state index contributed by atoms with van der Waals surface area (Å²) in [6, 6.07) is 4.05. The first-order valence-corrected chi connectivity index (χ1v) is 12.7. The summed E-state index contributed by atoms with van der Waals surface area (Å²) < 4.78 is 13.8. The number of ketones is 1. The highest BCUT2D eigenvalue weighted by molar-refractivity contribution is 6.34. The number of anilines is 1. The normalized spacial score (nSPS) is 23.1. The molecule has 0 bridgehead atoms. The van der Waals surface area contributed by atoms with Crippen molar-refractivity contribution in [3.8, 4) is 0 Å². The lowest BCUT2D eigenvalue weighted by Crippen LogP contribution is -2.40. The van der Waals surface area contributed by atoms with Gasteiger partial charge in [-0.05, 0) is 62.4 Å². The van der Waals surface area contributed by atoms with E-state index in [0.29, 0.717) is 51.9 Å². The third kappa shape index (κ3) is 4.56. The molecule has 2 saturated carbocycles. The Hall–Kier alpha value is -3.22. The molecule has 2 heterocycles. The fraction of sp³-hybridized carbons (Fsp3) is 0.464. The number of aromatic amines is 1. The molecule has 2 aromatic rings. The van der Waals surface area contributed by atoms with Crippen molar-refractivity contribution in [1.29, 1.82) is 0 Å². The van der Waals surface area contributed by atoms with Crippen LogP contribution in [0.2, 0.25) is 0 Å². The Bertz CT molecular complexity index is 1220. The van der Waals surface area contributed by atoms with Gasteiger partial charge >= 0.3 is 0 Å². The van der Waals surface area contributed by atoms with E-state index in [1.165, 1.54) is 25.0 Å². The Morgan fingerprint density at radius 2 is 1.89 bits per heavy atom. The molecule has 35 heavy (non-hydrogen) atoms. The summed E-state index contributed by atoms with van der Waals surface area (Å²) in [4.78, 5) is 42.0. The van der Waals surface area contributed by atoms with E-state index in [1.54, 1.807) is 12.1 Å². The van der Waals surface area contributed by atoms with Crippen molar-refractivity contribution in [2.75, 3.05) is 5.32 Å². The van der Waals surface area contributed by atoms with Gasteiger partial charge in [-0.1, -0.05) is 32.1 Å². The SMILES string of the molecule is Cc1[nH]c(/C=C2\C(=O)Nc3ccc(F)cc32)c(C)c1C(=O)N[C@@H]1CCC[C@@H]1C(=O)CC1CCCC1. The molecule has 3 aliphatic rings. The maximum atomic E-state index is 13.8. The monoisotopic (exact) mass is 477 g/mol. The maximum absolute atomic E-state index is 13.8. The van der Waals surface area contributed by atoms with Crippen molar-refractivity contribution in [2.24, 2.45) is 11.8 Å². The van der Waals surface area contributed by atoms with Crippen LogP contribution in [0.4, 0.5) is 10.1 Å². The van der Waals surface area contributed by atoms with Crippen LogP contribution in [0.25, 0.3) is 11.6 Å². The largest absolute Gasteiger partial charge is 0.358 e. The molecule has 184 valence electrons. The van der Waals surface area contributed by atoms with Crippen LogP contribution in [-0.2, 0) is 9.59 Å². The number of nitrogens with one attached hydrogen (secondary N) is 3. The quantitative estimate of drug-likeness (QED) is 0.493. The molecule has 2 amide bonds. The molecule has 3 N–H and O–H groups in total. The Balaban J connectivity index is 1.34. The van der Waals surface area contributed by atoms with Gasteiger partial charge in [0.25, 0.3) is 11.8 Å². The second-order valence-electron chi connectivity index (χ2n) is 10.3. The minimum absolute atomic E-state index is 0.103. The summed E-state index contributed by atoms with van der Waals surface area (Å²) in [5.74, 6) is -0.221. The minimum atomic E-state index is -0.417. The number of hydrogen-bond acceptors (Lipinski definition) is 3. The number of aromatic nitrogens is 1. The topological polar surface area (TPSA) is 91.1 Å². The Labute approximate surface area is 204 Å². The molecule has 1 aliphatic heterocycles. The van der Waals surface area contributed by atoms with Crippen molar-refractivity contribution in [3.05, 3.63) is 52.1 Å². The zero-order chi connectivity index (χ0) is 24.7. The molecule has 1 aromatic heterocycles. The van der Waals surface area contributed by atoms with E-state index in [9.17, 15) is 18.8 Å². The molecule has 1 aromatic carbocycles. The number of Topliss-reactive ketones (excluding diaryl/α,β-unsaturated/α-hetero) is 1. The fourth-order valence-electron chi connectivity index (χ4n) is 6.12. The Morgan fingerprint density at radius 1 is 1.11 bits per heavy atom. The van der Waals surface area contributed by atoms with Gasteiger partial charge in [0.05, 0.1) is 11.1 Å². The fourth-order valence-corrected chi connectivity index (χ4v) is 6.12. The summed E-state index contributed by atoms with van der Waals surface area (Å²) in [6.45, 7) is 3.66. The van der Waals surface area contributed by atoms with Gasteiger partial charge in [0, 0.05) is 41.0 Å². The zero-order valence-corrected chi connectivity index (χ0v) is 20.3. The zero-order valence-electron chi connectivity index (χ0n) is 20.3. The molecule has 0 saturated heterocycles. The van der Waals surface area contributed by atoms with Gasteiger partial charge in [-0.3, -0.25) is 14.4 Å². The smallest absolute Gasteiger partial charge is 0.256 e. The van der Waals surface area contributed by atoms with E-state index in [4.69, 9.17) is 0 Å². The first-order valence-electron chi connectivity index (χ1n) is 12.7. The summed E-state index contributed by atoms with van der Waals surface area (Å²) in [7, 11) is 0. The van der Waals surface area contributed by atoms with Crippen LogP contribution in [0.3, 0.4) is 0 Å². The molecule has 0 unspecified atom stereocenters. The van der Waals surface area contributed by atoms with Gasteiger partial charge in [0.15, 0.2) is 0 Å². The average molecular weight is 478 g/mol. The van der Waals surface area contributed by atoms with Gasteiger partial charge in [0.2, 0.25) is 0 Å². The molecular formula is C28H32FN3O3. The van der Waals surface area contributed by atoms with Gasteiger partial charge < -0.3 is 15.6 Å². The average Bonchev–Trinajstić information content (AvgIpc) is 3.58. The van der Waals surface area contributed by atoms with Crippen LogP contribution in [0.5, 0.6) is 0 Å². The summed E-state index contributed by atoms with van der Waals surface area (Å²) in [5, 5.41) is 5.89. The van der Waals surface area contributed by atoms with Crippen molar-refractivity contribution >= 4 is 34.9 Å². The third-order valence-electron chi connectivity index (χ3n) is 7.97. The molecule has 6 nitrogen and oxygen atoms in total. The van der Waals surface area contributed by atoms with Gasteiger partial charge in [-0.15, -0.1) is 0 Å². The number of halogens is 1. The van der Waals surface area contributed by atoms with E-state index in [1.807, 2.05) is 13.8 Å². The highest BCUT2D eigenvalue weighted by Gasteiger charge is 2.36. The number of benzene rings is 1. The number of carbonyl (C=O) groups is 3. The van der Waals surface area contributed by atoms with Crippen LogP contribution in [0.15, 0.2) is 18.2 Å². The molecule has 5 rings (SSSR count). The molecular weight excluding hydrogens is 445 g/mol. The van der Waals surface area contributed by atoms with Gasteiger partial charge in [-0.25, -0.2) is 4.39 Å². The predicted molar refractivity (Wildman–Crippen MR) is 133 cm³/mol. The molecule has 0 radical (unpaired) electrons. The predicted octanol–water partition coefficient (Wildman–Crippen LogP) is 5.31. The number of hydrogen-bond donors (Lipinski definition) is 3. The van der Waals surface area contributed by atoms with Crippen molar-refractivity contribution < 1.29 is 18.8 Å². The van der Waals surface area contributed by atoms with E-state index in [-0.39, 0.29) is 23.8 Å². The lowest BCUT2D eigenvalue weighted by molar-refractivity contribution is -0.124. The molecule has 2 fully saturated rings. The first-order chi connectivity index (χ1) is 16.8. The number of rotatable bonds is 6. The number of amides is 2. The van der Waals surface area contributed by atoms with Crippen LogP contribution in [-0.4, -0.2) is 28.6 Å². The second kappa shape index (κ2) is 9.44. The van der Waals surface area contributed by atoms with Gasteiger partial charge in [0.1, 0.15) is 11.6 Å². The molecule has 2 atom stereocenters. The lowest BCUT2D eigenvalue weighted by Gasteiger charge is -2.21. The minimum Gasteiger partial charge on any atom is -0.358 e. The number of fused-ring (bicyclic) bond motifs is 1. The van der Waals surface area contributed by atoms with E-state index < -0.39 is 5.82 Å². The Kier molecular flexibility index (Phi) is 6.34. The standard InChI is InChI=1S/C28H32FN3O3/c1-15-24(14-21-20-13-18(29)10-11-23(20)31-27(21)34)30-16(2)26(15)28(35)32-22-9-5-8-19(22)25(33)12-17-6-3-4-7-17/h10-11,13-14,17,19,22,30H,3-9,12H2,1-2H3,(H,31,34)(H,32,35)/b21-14-/t19-,22+/m0/s1. The van der Waals surface area contributed by atoms with E-state index >= 15 is 0 Å². The first kappa shape index (κ1) is 23.5. The van der Waals surface area contributed by atoms with Crippen molar-refractivity contribution in [3.63, 3.8) is 0 Å². The van der Waals surface area contributed by atoms with Gasteiger partial charge in [-0.2, -0.15) is 0 Å². The maximum Gasteiger partial charge on any atom is 0.256 e. The highest BCUT2D eigenvalue weighted by atomic mass is 19.1. The van der Waals surface area contributed by atoms with E-state index in [2.05, 4.69) is 15.6 Å². The Morgan fingerprint density at radius 3 is 2.66 bits per heavy atom. The molecule has 7 heteroatoms. The van der Waals surface area contributed by atoms with E-state index in [0.717, 1.165) is 37.7 Å². The highest BCUT2D eigenvalue weighted by Crippen LogP contribution is 2.35. The lowest BCUT2D eigenvalue weighted by atomic mass is 9.90. The van der Waals surface area contributed by atoms with Crippen molar-refractivity contribution in [1.82, 2.24) is 10.3 Å². The second-order valence-corrected chi connectivity index (χ2v) is 10.3. The molecule has 2 aliphatic carbocycles. The summed E-state index contributed by atoms with van der Waals surface area (Å²) >= 11 is 0. The number of carbonyl (C=O) groups excluding carboxylic acids is 3. The summed E-state index contributed by atoms with van der Waals surface area (Å²) in [5.41, 5.74) is 4.00. The third-order valence-corrected chi connectivity index (χ3v) is 7.97. The van der Waals surface area contributed by atoms with Crippen molar-refractivity contribution in [2.45, 2.75) is 71.3 Å². The van der Waals surface area contributed by atoms with Crippen LogP contribution in [0, 0.1) is 31.5 Å². The van der Waals surface area contributed by atoms with Crippen LogP contribution >= 0.6 is 0 Å². The molecule has 0 spiro atoms. The van der Waals surface area contributed by atoms with Crippen LogP contribution < -0.4 is 10.6 Å². The summed E-state index contributed by atoms with van der Waals surface area (Å²) in [6.07, 6.45) is 9.63. The van der Waals surface area contributed by atoms with Crippen LogP contribution in [0.1, 0.15) is 84.2 Å².